The van der Waals surface area contributed by atoms with Gasteiger partial charge in [0.25, 0.3) is 0 Å². The van der Waals surface area contributed by atoms with Crippen LogP contribution in [0.1, 0.15) is 6.92 Å². The third-order valence-electron chi connectivity index (χ3n) is 16.4. The molecule has 4 N–H and O–H groups in total. The van der Waals surface area contributed by atoms with Gasteiger partial charge in [0.05, 0.1) is 3.79 Å². The van der Waals surface area contributed by atoms with Gasteiger partial charge in [-0.2, -0.15) is 0 Å². The van der Waals surface area contributed by atoms with Crippen molar-refractivity contribution >= 4 is 156 Å². The van der Waals surface area contributed by atoms with Crippen LogP contribution in [0.3, 0.4) is 0 Å². The van der Waals surface area contributed by atoms with Gasteiger partial charge in [0.1, 0.15) is 0 Å². The first kappa shape index (κ1) is 77.0. The highest BCUT2D eigenvalue weighted by atomic mass is 127. The van der Waals surface area contributed by atoms with Gasteiger partial charge >= 0.3 is 0 Å². The average molecular weight is 1790 g/mol. The maximum absolute atomic E-state index is 11.0. The fourth-order valence-corrected chi connectivity index (χ4v) is 17.3. The molecule has 5 aromatic heterocycles. The molecule has 0 saturated heterocycles. The fourth-order valence-electron chi connectivity index (χ4n) is 10.9. The normalized spacial score (nSPS) is 10.4. The smallest absolute Gasteiger partial charge is 0.221 e. The monoisotopic (exact) mass is 1780 g/mol. The number of amides is 1. The summed E-state index contributed by atoms with van der Waals surface area (Å²) >= 11 is 21.6. The van der Waals surface area contributed by atoms with Crippen molar-refractivity contribution in [2.75, 3.05) is 16.4 Å². The van der Waals surface area contributed by atoms with Crippen LogP contribution in [0.2, 0.25) is 0 Å². The lowest BCUT2D eigenvalue weighted by atomic mass is 10.1. The van der Waals surface area contributed by atoms with Crippen molar-refractivity contribution in [3.05, 3.63) is 405 Å². The van der Waals surface area contributed by atoms with E-state index in [-0.39, 0.29) is 5.91 Å². The molecule has 0 radical (unpaired) electrons. The van der Waals surface area contributed by atoms with Gasteiger partial charge in [0, 0.05) is 86.1 Å². The Balaban J connectivity index is 0.000000122. The standard InChI is InChI=1S/C22H17NS.C18H15NOS.C16H11BrS.C16H13NS.C12H8BrI.C10H7BrS/c1-3-7-17(8-4-1)21-15-16-22(24-21)18-11-13-20(14-12-18)23-19-9-5-2-6-10-19;1-13(20)19-16-9-7-15(8-10-16)18-12-11-17(21-18)14-5-3-2-4-6-14;2*17-14-8-6-13(7-9-14)16-11-10-15(18-16)12-4-2-1-3-5-12;13-11-5-1-9(2-6-11)10-3-7-12(14)8-4-10;11-10-7-6-9(12-10)8-4-2-1-3-5-8/h1-16,23H;2-12H,1H3,(H,19,20);1-11H;1-11H,17H2;1-8H;1-7H. The minimum Gasteiger partial charge on any atom is -0.399 e. The Bertz CT molecular complexity index is 5320. The van der Waals surface area contributed by atoms with E-state index in [4.69, 9.17) is 5.73 Å². The maximum atomic E-state index is 11.0. The number of halogens is 4. The van der Waals surface area contributed by atoms with Gasteiger partial charge in [-0.3, -0.25) is 4.79 Å². The molecule has 0 spiro atoms. The van der Waals surface area contributed by atoms with E-state index in [1.165, 1.54) is 114 Å². The Kier molecular flexibility index (Phi) is 28.7. The third-order valence-corrected chi connectivity index (χ3v) is 24.5. The Morgan fingerprint density at radius 1 is 0.262 bits per heavy atom. The van der Waals surface area contributed by atoms with Crippen molar-refractivity contribution < 1.29 is 4.79 Å². The zero-order chi connectivity index (χ0) is 73.9. The molecular formula is C94H71Br3IN3OS5. The number of anilines is 4. The molecule has 0 unspecified atom stereocenters. The largest absolute Gasteiger partial charge is 0.399 e. The molecular weight excluding hydrogens is 1710 g/mol. The van der Waals surface area contributed by atoms with Crippen molar-refractivity contribution in [1.29, 1.82) is 0 Å². The number of para-hydroxylation sites is 1. The van der Waals surface area contributed by atoms with Gasteiger partial charge in [0.2, 0.25) is 5.91 Å². The lowest BCUT2D eigenvalue weighted by Gasteiger charge is -2.06. The molecule has 0 saturated carbocycles. The van der Waals surface area contributed by atoms with Crippen molar-refractivity contribution in [2.45, 2.75) is 6.92 Å². The van der Waals surface area contributed by atoms with Gasteiger partial charge in [-0.15, -0.1) is 56.7 Å². The molecule has 17 rings (SSSR count). The molecule has 1 amide bonds. The van der Waals surface area contributed by atoms with Gasteiger partial charge in [-0.1, -0.05) is 275 Å². The van der Waals surface area contributed by atoms with E-state index in [0.29, 0.717) is 0 Å². The number of nitrogens with one attached hydrogen (secondary N) is 2. The first-order chi connectivity index (χ1) is 52.4. The van der Waals surface area contributed by atoms with Crippen LogP contribution in [0.15, 0.2) is 401 Å². The van der Waals surface area contributed by atoms with Crippen LogP contribution in [0.25, 0.3) is 105 Å². The van der Waals surface area contributed by atoms with Crippen LogP contribution in [0, 0.1) is 3.57 Å². The van der Waals surface area contributed by atoms with Crippen molar-refractivity contribution in [2.24, 2.45) is 0 Å². The molecule has 4 nitrogen and oxygen atoms in total. The minimum atomic E-state index is -0.0507. The highest BCUT2D eigenvalue weighted by Crippen LogP contribution is 2.40. The van der Waals surface area contributed by atoms with E-state index in [1.807, 2.05) is 102 Å². The second-order valence-electron chi connectivity index (χ2n) is 24.1. The maximum Gasteiger partial charge on any atom is 0.221 e. The molecule has 0 fully saturated rings. The fraction of sp³-hybridized carbons (Fsp3) is 0.0106. The predicted molar refractivity (Wildman–Crippen MR) is 487 cm³/mol. The van der Waals surface area contributed by atoms with Crippen molar-refractivity contribution in [3.8, 4) is 105 Å². The molecule has 0 bridgehead atoms. The number of hydrogen-bond acceptors (Lipinski definition) is 8. The quantitative estimate of drug-likeness (QED) is 0.0796. The number of nitrogen functional groups attached to an aromatic ring is 1. The summed E-state index contributed by atoms with van der Waals surface area (Å²) in [5.74, 6) is -0.0507. The highest BCUT2D eigenvalue weighted by Gasteiger charge is 2.10. The topological polar surface area (TPSA) is 67.2 Å². The van der Waals surface area contributed by atoms with E-state index in [2.05, 4.69) is 390 Å². The zero-order valence-electron chi connectivity index (χ0n) is 58.0. The predicted octanol–water partition coefficient (Wildman–Crippen LogP) is 31.3. The molecule has 17 aromatic rings. The molecule has 107 heavy (non-hydrogen) atoms. The van der Waals surface area contributed by atoms with E-state index in [0.717, 1.165) is 37.3 Å². The molecule has 13 heteroatoms. The third kappa shape index (κ3) is 23.4. The Morgan fingerprint density at radius 2 is 0.495 bits per heavy atom. The summed E-state index contributed by atoms with van der Waals surface area (Å²) in [4.78, 5) is 22.6. The first-order valence-electron chi connectivity index (χ1n) is 34.2. The highest BCUT2D eigenvalue weighted by molar-refractivity contribution is 14.1. The Labute approximate surface area is 686 Å². The molecule has 0 atom stereocenters. The SMILES string of the molecule is Brc1ccc(-c2ccc(-c3ccccc3)s2)cc1.Brc1ccc(-c2ccc(I)cc2)cc1.Brc1ccc(-c2ccccc2)s1.CC(=O)Nc1ccc(-c2ccc(-c3ccccc3)s2)cc1.Nc1ccc(-c2ccc(-c3ccccc3)s2)cc1.c1ccc(Nc2ccc(-c3ccc(-c4ccccc4)s3)cc2)cc1. The van der Waals surface area contributed by atoms with E-state index >= 15 is 0 Å². The van der Waals surface area contributed by atoms with E-state index in [9.17, 15) is 4.79 Å². The number of carbonyl (C=O) groups is 1. The Morgan fingerprint density at radius 3 is 0.794 bits per heavy atom. The summed E-state index contributed by atoms with van der Waals surface area (Å²) in [5, 5.41) is 6.20. The first-order valence-corrected chi connectivity index (χ1v) is 41.8. The van der Waals surface area contributed by atoms with Gasteiger partial charge in [0.15, 0.2) is 0 Å². The minimum absolute atomic E-state index is 0.0507. The van der Waals surface area contributed by atoms with Crippen LogP contribution in [0.5, 0.6) is 0 Å². The number of carbonyl (C=O) groups excluding carboxylic acids is 1. The van der Waals surface area contributed by atoms with Crippen LogP contribution in [-0.2, 0) is 4.79 Å². The molecule has 0 aliphatic carbocycles. The molecule has 5 heterocycles. The van der Waals surface area contributed by atoms with Crippen molar-refractivity contribution in [1.82, 2.24) is 0 Å². The van der Waals surface area contributed by atoms with Crippen LogP contribution >= 0.6 is 127 Å². The van der Waals surface area contributed by atoms with Crippen LogP contribution in [0.4, 0.5) is 22.7 Å². The number of hydrogen-bond donors (Lipinski definition) is 3. The second-order valence-corrected chi connectivity index (χ2v) is 33.9. The molecule has 526 valence electrons. The van der Waals surface area contributed by atoms with E-state index in [1.54, 1.807) is 34.0 Å². The van der Waals surface area contributed by atoms with Gasteiger partial charge in [-0.25, -0.2) is 0 Å². The summed E-state index contributed by atoms with van der Waals surface area (Å²) in [6.07, 6.45) is 0. The summed E-state index contributed by atoms with van der Waals surface area (Å²) < 4.78 is 4.68. The lowest BCUT2D eigenvalue weighted by Crippen LogP contribution is -2.05. The van der Waals surface area contributed by atoms with Gasteiger partial charge < -0.3 is 16.4 Å². The van der Waals surface area contributed by atoms with Crippen LogP contribution in [-0.4, -0.2) is 5.91 Å². The van der Waals surface area contributed by atoms with Crippen molar-refractivity contribution in [3.63, 3.8) is 0 Å². The summed E-state index contributed by atoms with van der Waals surface area (Å²) in [6.45, 7) is 1.51. The average Bonchev–Trinajstić information content (AvgIpc) is 1.72. The second kappa shape index (κ2) is 39.8. The summed E-state index contributed by atoms with van der Waals surface area (Å²) in [5.41, 5.74) is 23.3. The molecule has 12 aromatic carbocycles. The number of thiophene rings is 5. The number of benzene rings is 12. The summed E-state index contributed by atoms with van der Waals surface area (Å²) in [7, 11) is 0. The van der Waals surface area contributed by atoms with Gasteiger partial charge in [-0.05, 0) is 245 Å². The van der Waals surface area contributed by atoms with E-state index < -0.39 is 0 Å². The van der Waals surface area contributed by atoms with Crippen LogP contribution < -0.4 is 16.4 Å². The Hall–Kier alpha value is -9.62. The summed E-state index contributed by atoms with van der Waals surface area (Å²) in [6, 6.07) is 134. The number of nitrogens with two attached hydrogens (primary N) is 1. The lowest BCUT2D eigenvalue weighted by molar-refractivity contribution is -0.114. The molecule has 0 aliphatic heterocycles. The zero-order valence-corrected chi connectivity index (χ0v) is 69.0. The number of rotatable bonds is 13. The molecule has 0 aliphatic rings.